The van der Waals surface area contributed by atoms with E-state index in [1.807, 2.05) is 78.9 Å². The normalized spacial score (nSPS) is 12.5. The molecule has 4 nitrogen and oxygen atoms in total. The van der Waals surface area contributed by atoms with E-state index in [0.717, 1.165) is 66.3 Å². The van der Waals surface area contributed by atoms with Crippen molar-refractivity contribution >= 4 is 92.6 Å². The molecular formula is C53H35N3OS. The van der Waals surface area contributed by atoms with E-state index in [1.54, 1.807) is 0 Å². The monoisotopic (exact) mass is 761 g/mol. The first-order valence-electron chi connectivity index (χ1n) is 19.4. The standard InChI is InChI=1S/C53H35N3OS/c1-33(35-14-5-3-6-15-35)54-53(38-16-7-4-8-17-38)55-34(2)56-47-22-11-9-18-41(47)45-32-51-46(31-48(45)56)43-29-28-39(30-50(43)58-51)36-24-26-37(27-25-36)40-20-13-21-44-42-19-10-12-23-49(42)57-52(40)44/h3-32H,2H2,1H3/b54-33?,55-53-. The molecule has 0 N–H and O–H groups in total. The molecule has 0 amide bonds. The molecule has 3 heterocycles. The van der Waals surface area contributed by atoms with Crippen molar-refractivity contribution in [3.63, 3.8) is 0 Å². The lowest BCUT2D eigenvalue weighted by atomic mass is 9.98. The van der Waals surface area contributed by atoms with Crippen LogP contribution in [0.25, 0.3) is 92.0 Å². The molecule has 274 valence electrons. The number of aliphatic imine (C=N–C) groups is 2. The highest BCUT2D eigenvalue weighted by Crippen LogP contribution is 2.42. The quantitative estimate of drug-likeness (QED) is 0.123. The molecule has 0 saturated heterocycles. The minimum atomic E-state index is 0.607. The Hall–Kier alpha value is -7.34. The van der Waals surface area contributed by atoms with E-state index in [9.17, 15) is 0 Å². The van der Waals surface area contributed by atoms with Crippen LogP contribution in [0.4, 0.5) is 0 Å². The van der Waals surface area contributed by atoms with Gasteiger partial charge in [0.05, 0.1) is 11.0 Å². The van der Waals surface area contributed by atoms with E-state index in [1.165, 1.54) is 36.7 Å². The largest absolute Gasteiger partial charge is 0.455 e. The number of fused-ring (bicyclic) bond motifs is 9. The average molecular weight is 762 g/mol. The lowest BCUT2D eigenvalue weighted by molar-refractivity contribution is 0.670. The molecule has 0 unspecified atom stereocenters. The molecule has 5 heteroatoms. The van der Waals surface area contributed by atoms with Gasteiger partial charge in [0, 0.05) is 58.6 Å². The fourth-order valence-corrected chi connectivity index (χ4v) is 9.50. The van der Waals surface area contributed by atoms with Gasteiger partial charge in [0.15, 0.2) is 5.84 Å². The molecule has 11 rings (SSSR count). The van der Waals surface area contributed by atoms with Crippen molar-refractivity contribution in [3.8, 4) is 22.3 Å². The van der Waals surface area contributed by atoms with E-state index in [0.29, 0.717) is 11.7 Å². The summed E-state index contributed by atoms with van der Waals surface area (Å²) in [5, 5.41) is 7.07. The zero-order chi connectivity index (χ0) is 38.7. The third kappa shape index (κ3) is 5.67. The van der Waals surface area contributed by atoms with Crippen LogP contribution in [0.15, 0.2) is 203 Å². The van der Waals surface area contributed by atoms with Crippen molar-refractivity contribution < 1.29 is 4.42 Å². The predicted octanol–water partition coefficient (Wildman–Crippen LogP) is 14.8. The number of para-hydroxylation sites is 3. The number of amidine groups is 1. The van der Waals surface area contributed by atoms with Gasteiger partial charge in [-0.15, -0.1) is 11.3 Å². The molecule has 3 aromatic heterocycles. The smallest absolute Gasteiger partial charge is 0.161 e. The van der Waals surface area contributed by atoms with Gasteiger partial charge in [0.2, 0.25) is 0 Å². The first kappa shape index (κ1) is 34.0. The van der Waals surface area contributed by atoms with Gasteiger partial charge in [-0.2, -0.15) is 0 Å². The maximum Gasteiger partial charge on any atom is 0.161 e. The molecule has 0 bridgehead atoms. The van der Waals surface area contributed by atoms with Crippen LogP contribution in [-0.2, 0) is 0 Å². The summed E-state index contributed by atoms with van der Waals surface area (Å²) in [4.78, 5) is 10.2. The second kappa shape index (κ2) is 13.7. The molecule has 0 aliphatic rings. The fourth-order valence-electron chi connectivity index (χ4n) is 8.33. The Morgan fingerprint density at radius 2 is 1.16 bits per heavy atom. The van der Waals surface area contributed by atoms with Crippen molar-refractivity contribution in [1.82, 2.24) is 4.57 Å². The summed E-state index contributed by atoms with van der Waals surface area (Å²) in [6, 6.07) is 63.9. The Morgan fingerprint density at radius 3 is 1.97 bits per heavy atom. The SMILES string of the molecule is C=C(/N=C(\N=C(C)c1ccccc1)c1ccccc1)n1c2ccccc2c2cc3sc4cc(-c5ccc(-c6cccc7c6oc6ccccc67)cc5)ccc4c3cc21. The molecule has 58 heavy (non-hydrogen) atoms. The van der Waals surface area contributed by atoms with Gasteiger partial charge in [-0.05, 0) is 59.5 Å². The predicted molar refractivity (Wildman–Crippen MR) is 247 cm³/mol. The molecule has 8 aromatic carbocycles. The molecule has 0 saturated carbocycles. The number of aromatic nitrogens is 1. The molecule has 11 aromatic rings. The number of thiophene rings is 1. The van der Waals surface area contributed by atoms with Gasteiger partial charge in [-0.1, -0.05) is 158 Å². The van der Waals surface area contributed by atoms with Crippen LogP contribution in [0, 0.1) is 0 Å². The van der Waals surface area contributed by atoms with Crippen LogP contribution < -0.4 is 0 Å². The van der Waals surface area contributed by atoms with Crippen molar-refractivity contribution in [2.24, 2.45) is 9.98 Å². The molecule has 0 atom stereocenters. The molecular weight excluding hydrogens is 727 g/mol. The summed E-state index contributed by atoms with van der Waals surface area (Å²) >= 11 is 1.84. The summed E-state index contributed by atoms with van der Waals surface area (Å²) in [5.74, 6) is 1.22. The maximum absolute atomic E-state index is 6.34. The van der Waals surface area contributed by atoms with Crippen LogP contribution in [0.2, 0.25) is 0 Å². The third-order valence-corrected chi connectivity index (χ3v) is 12.3. The van der Waals surface area contributed by atoms with Gasteiger partial charge in [0.25, 0.3) is 0 Å². The van der Waals surface area contributed by atoms with Gasteiger partial charge < -0.3 is 4.42 Å². The van der Waals surface area contributed by atoms with Gasteiger partial charge in [-0.25, -0.2) is 9.98 Å². The molecule has 0 radical (unpaired) electrons. The van der Waals surface area contributed by atoms with E-state index >= 15 is 0 Å². The zero-order valence-corrected chi connectivity index (χ0v) is 32.5. The number of furan rings is 1. The number of hydrogen-bond acceptors (Lipinski definition) is 3. The fraction of sp³-hybridized carbons (Fsp3) is 0.0189. The molecule has 0 fully saturated rings. The molecule has 0 aliphatic carbocycles. The Balaban J connectivity index is 0.992. The molecule has 0 spiro atoms. The second-order valence-corrected chi connectivity index (χ2v) is 15.8. The number of hydrogen-bond donors (Lipinski definition) is 0. The van der Waals surface area contributed by atoms with E-state index < -0.39 is 0 Å². The van der Waals surface area contributed by atoms with Crippen LogP contribution in [-0.4, -0.2) is 16.1 Å². The summed E-state index contributed by atoms with van der Waals surface area (Å²) in [5.41, 5.74) is 11.4. The number of benzene rings is 8. The van der Waals surface area contributed by atoms with E-state index in [4.69, 9.17) is 14.4 Å². The lowest BCUT2D eigenvalue weighted by Gasteiger charge is -2.10. The number of nitrogens with zero attached hydrogens (tertiary/aromatic N) is 3. The van der Waals surface area contributed by atoms with Crippen molar-refractivity contribution in [3.05, 3.63) is 200 Å². The van der Waals surface area contributed by atoms with Gasteiger partial charge >= 0.3 is 0 Å². The van der Waals surface area contributed by atoms with E-state index in [-0.39, 0.29) is 0 Å². The van der Waals surface area contributed by atoms with Gasteiger partial charge in [-0.3, -0.25) is 4.57 Å². The topological polar surface area (TPSA) is 42.8 Å². The number of rotatable bonds is 6. The highest BCUT2D eigenvalue weighted by molar-refractivity contribution is 7.26. The summed E-state index contributed by atoms with van der Waals surface area (Å²) in [6.07, 6.45) is 0. The Bertz CT molecular complexity index is 3460. The summed E-state index contributed by atoms with van der Waals surface area (Å²) in [6.45, 7) is 6.60. The van der Waals surface area contributed by atoms with E-state index in [2.05, 4.69) is 132 Å². The molecule has 0 aliphatic heterocycles. The Kier molecular flexibility index (Phi) is 8.02. The first-order valence-corrected chi connectivity index (χ1v) is 20.2. The van der Waals surface area contributed by atoms with Crippen LogP contribution >= 0.6 is 11.3 Å². The zero-order valence-electron chi connectivity index (χ0n) is 31.7. The van der Waals surface area contributed by atoms with Crippen LogP contribution in [0.1, 0.15) is 18.1 Å². The summed E-state index contributed by atoms with van der Waals surface area (Å²) in [7, 11) is 0. The van der Waals surface area contributed by atoms with Crippen molar-refractivity contribution in [2.45, 2.75) is 6.92 Å². The second-order valence-electron chi connectivity index (χ2n) is 14.7. The van der Waals surface area contributed by atoms with Crippen LogP contribution in [0.3, 0.4) is 0 Å². The van der Waals surface area contributed by atoms with Crippen molar-refractivity contribution in [2.75, 3.05) is 0 Å². The third-order valence-electron chi connectivity index (χ3n) is 11.2. The minimum Gasteiger partial charge on any atom is -0.455 e. The first-order chi connectivity index (χ1) is 28.6. The maximum atomic E-state index is 6.34. The Labute approximate surface area is 339 Å². The minimum absolute atomic E-state index is 0.607. The summed E-state index contributed by atoms with van der Waals surface area (Å²) < 4.78 is 11.0. The Morgan fingerprint density at radius 1 is 0.500 bits per heavy atom. The highest BCUT2D eigenvalue weighted by Gasteiger charge is 2.18. The van der Waals surface area contributed by atoms with Gasteiger partial charge in [0.1, 0.15) is 17.0 Å². The van der Waals surface area contributed by atoms with Crippen LogP contribution in [0.5, 0.6) is 0 Å². The highest BCUT2D eigenvalue weighted by atomic mass is 32.1. The lowest BCUT2D eigenvalue weighted by Crippen LogP contribution is -2.05. The average Bonchev–Trinajstić information content (AvgIpc) is 3.95. The van der Waals surface area contributed by atoms with Crippen molar-refractivity contribution in [1.29, 1.82) is 0 Å².